The molecule has 26 heavy (non-hydrogen) atoms. The molecular formula is C21H24O5. The van der Waals surface area contributed by atoms with Gasteiger partial charge in [0.1, 0.15) is 11.3 Å². The van der Waals surface area contributed by atoms with Gasteiger partial charge in [0.05, 0.1) is 19.5 Å². The minimum Gasteiger partial charge on any atom is -0.498 e. The number of fused-ring (bicyclic) bond motifs is 1. The van der Waals surface area contributed by atoms with Crippen LogP contribution < -0.4 is 10.4 Å². The summed E-state index contributed by atoms with van der Waals surface area (Å²) in [5.41, 5.74) is 0.852. The van der Waals surface area contributed by atoms with E-state index in [2.05, 4.69) is 0 Å². The van der Waals surface area contributed by atoms with Crippen LogP contribution in [-0.4, -0.2) is 19.5 Å². The minimum atomic E-state index is -0.320. The lowest BCUT2D eigenvalue weighted by Crippen LogP contribution is -2.19. The third-order valence-electron chi connectivity index (χ3n) is 4.79. The SMILES string of the molecule is CCOC1=CC(=O)C(CCCc2cc3ccc(OC)cc3oc2=O)CC1. The number of ketones is 1. The molecule has 1 unspecified atom stereocenters. The summed E-state index contributed by atoms with van der Waals surface area (Å²) in [7, 11) is 1.58. The smallest absolute Gasteiger partial charge is 0.339 e. The molecule has 0 saturated heterocycles. The molecule has 0 aliphatic heterocycles. The highest BCUT2D eigenvalue weighted by Crippen LogP contribution is 2.26. The first-order valence-electron chi connectivity index (χ1n) is 9.08. The Kier molecular flexibility index (Phi) is 5.76. The van der Waals surface area contributed by atoms with Gasteiger partial charge in [0.15, 0.2) is 5.78 Å². The summed E-state index contributed by atoms with van der Waals surface area (Å²) in [6.45, 7) is 2.51. The van der Waals surface area contributed by atoms with Gasteiger partial charge < -0.3 is 13.9 Å². The number of carbonyl (C=O) groups is 1. The van der Waals surface area contributed by atoms with Crippen molar-refractivity contribution in [3.05, 3.63) is 52.1 Å². The van der Waals surface area contributed by atoms with Crippen molar-refractivity contribution in [2.45, 2.75) is 39.0 Å². The fraction of sp³-hybridized carbons (Fsp3) is 0.429. The van der Waals surface area contributed by atoms with Crippen LogP contribution in [0.1, 0.15) is 38.2 Å². The van der Waals surface area contributed by atoms with Crippen LogP contribution in [0.4, 0.5) is 0 Å². The molecule has 1 aliphatic rings. The number of allylic oxidation sites excluding steroid dienone is 2. The molecule has 1 aromatic heterocycles. The Hall–Kier alpha value is -2.56. The van der Waals surface area contributed by atoms with Gasteiger partial charge in [0.2, 0.25) is 0 Å². The van der Waals surface area contributed by atoms with E-state index in [1.54, 1.807) is 19.3 Å². The number of hydrogen-bond donors (Lipinski definition) is 0. The summed E-state index contributed by atoms with van der Waals surface area (Å²) >= 11 is 0. The Morgan fingerprint density at radius 1 is 1.23 bits per heavy atom. The number of ether oxygens (including phenoxy) is 2. The zero-order chi connectivity index (χ0) is 18.5. The standard InChI is InChI=1S/C21H24O5/c1-3-25-18-10-7-14(19(22)12-18)5-4-6-16-11-15-8-9-17(24-2)13-20(15)26-21(16)23/h8-9,11-14H,3-7,10H2,1-2H3. The highest BCUT2D eigenvalue weighted by molar-refractivity contribution is 5.92. The van der Waals surface area contributed by atoms with E-state index >= 15 is 0 Å². The van der Waals surface area contributed by atoms with Crippen molar-refractivity contribution >= 4 is 16.8 Å². The van der Waals surface area contributed by atoms with Crippen molar-refractivity contribution in [2.24, 2.45) is 5.92 Å². The maximum absolute atomic E-state index is 12.2. The van der Waals surface area contributed by atoms with Crippen LogP contribution in [0.25, 0.3) is 11.0 Å². The molecule has 0 amide bonds. The third-order valence-corrected chi connectivity index (χ3v) is 4.79. The monoisotopic (exact) mass is 356 g/mol. The quantitative estimate of drug-likeness (QED) is 0.701. The van der Waals surface area contributed by atoms with Gasteiger partial charge in [-0.05, 0) is 50.8 Å². The molecule has 5 heteroatoms. The predicted octanol–water partition coefficient (Wildman–Crippen LogP) is 4.02. The zero-order valence-electron chi connectivity index (χ0n) is 15.2. The van der Waals surface area contributed by atoms with E-state index < -0.39 is 0 Å². The second kappa shape index (κ2) is 8.21. The first-order chi connectivity index (χ1) is 12.6. The van der Waals surface area contributed by atoms with Crippen LogP contribution in [0.5, 0.6) is 5.75 Å². The second-order valence-corrected chi connectivity index (χ2v) is 6.54. The van der Waals surface area contributed by atoms with Crippen molar-refractivity contribution in [2.75, 3.05) is 13.7 Å². The Balaban J connectivity index is 1.62. The molecule has 1 aliphatic carbocycles. The maximum atomic E-state index is 12.2. The Morgan fingerprint density at radius 2 is 2.08 bits per heavy atom. The van der Waals surface area contributed by atoms with E-state index in [0.29, 0.717) is 29.9 Å². The van der Waals surface area contributed by atoms with Crippen molar-refractivity contribution in [3.8, 4) is 5.75 Å². The zero-order valence-corrected chi connectivity index (χ0v) is 15.2. The van der Waals surface area contributed by atoms with Gasteiger partial charge in [-0.1, -0.05) is 0 Å². The highest BCUT2D eigenvalue weighted by Gasteiger charge is 2.22. The molecule has 0 spiro atoms. The van der Waals surface area contributed by atoms with Gasteiger partial charge in [-0.2, -0.15) is 0 Å². The molecule has 0 bridgehead atoms. The summed E-state index contributed by atoms with van der Waals surface area (Å²) in [4.78, 5) is 24.4. The van der Waals surface area contributed by atoms with Gasteiger partial charge in [-0.3, -0.25) is 4.79 Å². The molecule has 0 saturated carbocycles. The van der Waals surface area contributed by atoms with Gasteiger partial charge in [-0.15, -0.1) is 0 Å². The Bertz CT molecular complexity index is 878. The molecule has 1 atom stereocenters. The van der Waals surface area contributed by atoms with Gasteiger partial charge in [0, 0.05) is 35.4 Å². The second-order valence-electron chi connectivity index (χ2n) is 6.54. The van der Waals surface area contributed by atoms with Crippen LogP contribution in [0, 0.1) is 5.92 Å². The molecule has 1 heterocycles. The minimum absolute atomic E-state index is 0.0240. The van der Waals surface area contributed by atoms with Crippen LogP contribution in [0.2, 0.25) is 0 Å². The van der Waals surface area contributed by atoms with Crippen molar-refractivity contribution in [3.63, 3.8) is 0 Å². The van der Waals surface area contributed by atoms with Gasteiger partial charge in [0.25, 0.3) is 0 Å². The summed E-state index contributed by atoms with van der Waals surface area (Å²) in [6, 6.07) is 7.31. The van der Waals surface area contributed by atoms with Gasteiger partial charge >= 0.3 is 5.63 Å². The Labute approximate surface area is 152 Å². The average Bonchev–Trinajstić information content (AvgIpc) is 2.63. The molecular weight excluding hydrogens is 332 g/mol. The van der Waals surface area contributed by atoms with E-state index in [-0.39, 0.29) is 17.3 Å². The van der Waals surface area contributed by atoms with Crippen molar-refractivity contribution in [1.82, 2.24) is 0 Å². The van der Waals surface area contributed by atoms with E-state index in [4.69, 9.17) is 13.9 Å². The van der Waals surface area contributed by atoms with Crippen LogP contribution in [-0.2, 0) is 16.0 Å². The topological polar surface area (TPSA) is 65.7 Å². The lowest BCUT2D eigenvalue weighted by atomic mass is 9.87. The summed E-state index contributed by atoms with van der Waals surface area (Å²) < 4.78 is 16.0. The fourth-order valence-electron chi connectivity index (χ4n) is 3.37. The molecule has 3 rings (SSSR count). The summed E-state index contributed by atoms with van der Waals surface area (Å²) in [5.74, 6) is 1.61. The molecule has 0 fully saturated rings. The van der Waals surface area contributed by atoms with Crippen molar-refractivity contribution in [1.29, 1.82) is 0 Å². The van der Waals surface area contributed by atoms with E-state index in [1.807, 2.05) is 25.1 Å². The lowest BCUT2D eigenvalue weighted by Gasteiger charge is -2.20. The maximum Gasteiger partial charge on any atom is 0.339 e. The molecule has 138 valence electrons. The van der Waals surface area contributed by atoms with E-state index in [0.717, 1.165) is 36.8 Å². The Morgan fingerprint density at radius 3 is 2.81 bits per heavy atom. The third kappa shape index (κ3) is 4.15. The number of hydrogen-bond acceptors (Lipinski definition) is 5. The molecule has 5 nitrogen and oxygen atoms in total. The van der Waals surface area contributed by atoms with Crippen molar-refractivity contribution < 1.29 is 18.7 Å². The first kappa shape index (κ1) is 18.2. The first-order valence-corrected chi connectivity index (χ1v) is 9.08. The summed E-state index contributed by atoms with van der Waals surface area (Å²) in [5, 5.41) is 0.874. The number of rotatable bonds is 7. The lowest BCUT2D eigenvalue weighted by molar-refractivity contribution is -0.119. The highest BCUT2D eigenvalue weighted by atomic mass is 16.5. The molecule has 0 radical (unpaired) electrons. The summed E-state index contributed by atoms with van der Waals surface area (Å²) in [6.07, 6.45) is 5.42. The fourth-order valence-corrected chi connectivity index (χ4v) is 3.37. The van der Waals surface area contributed by atoms with Crippen LogP contribution >= 0.6 is 0 Å². The van der Waals surface area contributed by atoms with E-state index in [9.17, 15) is 9.59 Å². The van der Waals surface area contributed by atoms with Crippen LogP contribution in [0.3, 0.4) is 0 Å². The number of methoxy groups -OCH3 is 1. The molecule has 0 N–H and O–H groups in total. The molecule has 2 aromatic rings. The van der Waals surface area contributed by atoms with E-state index in [1.165, 1.54) is 0 Å². The van der Waals surface area contributed by atoms with Gasteiger partial charge in [-0.25, -0.2) is 4.79 Å². The predicted molar refractivity (Wildman–Crippen MR) is 99.4 cm³/mol. The number of carbonyl (C=O) groups excluding carboxylic acids is 1. The number of benzene rings is 1. The molecule has 1 aromatic carbocycles. The van der Waals surface area contributed by atoms with Crippen LogP contribution in [0.15, 0.2) is 45.3 Å². The average molecular weight is 356 g/mol. The number of aryl methyl sites for hydroxylation is 1. The normalized spacial score (nSPS) is 17.2. The largest absolute Gasteiger partial charge is 0.498 e.